The molecule has 1 aromatic heterocycles. The normalized spacial score (nSPS) is 10.7. The molecular weight excluding hydrogens is 611 g/mol. The maximum absolute atomic E-state index is 12.7. The highest BCUT2D eigenvalue weighted by molar-refractivity contribution is 14.1. The molecule has 8 nitrogen and oxygen atoms in total. The number of nitrogens with zero attached hydrogens (tertiary/aromatic N) is 2. The zero-order valence-electron chi connectivity index (χ0n) is 21.5. The molecule has 0 saturated heterocycles. The first-order valence-corrected chi connectivity index (χ1v) is 14.0. The Labute approximate surface area is 240 Å². The lowest BCUT2D eigenvalue weighted by Gasteiger charge is -2.20. The number of carbonyl (C=O) groups excluding carboxylic acids is 1. The Balaban J connectivity index is 1.33. The highest BCUT2D eigenvalue weighted by atomic mass is 127. The van der Waals surface area contributed by atoms with Crippen LogP contribution in [0.5, 0.6) is 11.5 Å². The topological polar surface area (TPSA) is 102 Å². The first-order chi connectivity index (χ1) is 18.9. The molecule has 0 fully saturated rings. The summed E-state index contributed by atoms with van der Waals surface area (Å²) in [4.78, 5) is 29.9. The Bertz CT molecular complexity index is 1390. The molecule has 4 rings (SSSR count). The number of hydrogen-bond donors (Lipinski definition) is 1. The van der Waals surface area contributed by atoms with Crippen LogP contribution in [-0.4, -0.2) is 40.2 Å². The van der Waals surface area contributed by atoms with Crippen LogP contribution in [0.15, 0.2) is 83.3 Å². The van der Waals surface area contributed by atoms with Crippen LogP contribution in [0, 0.1) is 6.92 Å². The molecule has 4 aromatic rings. The van der Waals surface area contributed by atoms with Crippen LogP contribution in [0.3, 0.4) is 0 Å². The lowest BCUT2D eigenvalue weighted by Crippen LogP contribution is -2.37. The van der Waals surface area contributed by atoms with Crippen molar-refractivity contribution in [3.8, 4) is 23.0 Å². The van der Waals surface area contributed by atoms with Crippen molar-refractivity contribution in [1.29, 1.82) is 0 Å². The van der Waals surface area contributed by atoms with Crippen molar-refractivity contribution >= 4 is 34.7 Å². The number of amides is 1. The molecule has 0 bridgehead atoms. The second kappa shape index (κ2) is 13.8. The van der Waals surface area contributed by atoms with E-state index < -0.39 is 18.6 Å². The molecule has 0 aliphatic rings. The Morgan fingerprint density at radius 2 is 1.77 bits per heavy atom. The summed E-state index contributed by atoms with van der Waals surface area (Å²) in [6.45, 7) is 1.97. The van der Waals surface area contributed by atoms with Gasteiger partial charge in [-0.15, -0.1) is 0 Å². The highest BCUT2D eigenvalue weighted by Gasteiger charge is 2.20. The smallest absolute Gasteiger partial charge is 0.416 e. The van der Waals surface area contributed by atoms with E-state index in [2.05, 4.69) is 22.6 Å². The number of rotatable bonds is 12. The number of aromatic nitrogens is 1. The number of hydrogen-bond acceptors (Lipinski definition) is 6. The van der Waals surface area contributed by atoms with E-state index in [1.54, 1.807) is 18.2 Å². The molecule has 0 atom stereocenters. The van der Waals surface area contributed by atoms with E-state index in [9.17, 15) is 14.7 Å². The highest BCUT2D eigenvalue weighted by Crippen LogP contribution is 2.25. The van der Waals surface area contributed by atoms with E-state index in [-0.39, 0.29) is 6.54 Å². The molecule has 202 valence electrons. The first kappa shape index (κ1) is 28.2. The molecule has 3 aromatic carbocycles. The van der Waals surface area contributed by atoms with Crippen LogP contribution in [0.25, 0.3) is 11.5 Å². The van der Waals surface area contributed by atoms with Crippen molar-refractivity contribution in [2.24, 2.45) is 0 Å². The molecule has 0 radical (unpaired) electrons. The molecule has 0 spiro atoms. The summed E-state index contributed by atoms with van der Waals surface area (Å²) in [6, 6.07) is 24.1. The minimum Gasteiger partial charge on any atom is -0.494 e. The monoisotopic (exact) mass is 640 g/mol. The summed E-state index contributed by atoms with van der Waals surface area (Å²) in [5, 5.41) is 9.32. The Hall–Kier alpha value is -3.86. The lowest BCUT2D eigenvalue weighted by atomic mass is 10.2. The van der Waals surface area contributed by atoms with E-state index in [4.69, 9.17) is 18.9 Å². The van der Waals surface area contributed by atoms with Gasteiger partial charge in [-0.1, -0.05) is 70.6 Å². The van der Waals surface area contributed by atoms with Crippen LogP contribution in [0.2, 0.25) is 0 Å². The number of benzene rings is 3. The van der Waals surface area contributed by atoms with Gasteiger partial charge in [0, 0.05) is 12.1 Å². The molecule has 0 aliphatic heterocycles. The van der Waals surface area contributed by atoms with Crippen LogP contribution < -0.4 is 9.47 Å². The summed E-state index contributed by atoms with van der Waals surface area (Å²) >= 11 is 2.28. The van der Waals surface area contributed by atoms with E-state index in [0.29, 0.717) is 30.4 Å². The number of oxazole rings is 1. The van der Waals surface area contributed by atoms with Gasteiger partial charge in [-0.25, -0.2) is 9.78 Å². The van der Waals surface area contributed by atoms with Gasteiger partial charge in [-0.3, -0.25) is 9.69 Å². The van der Waals surface area contributed by atoms with Crippen molar-refractivity contribution < 1.29 is 28.6 Å². The first-order valence-electron chi connectivity index (χ1n) is 12.5. The number of aliphatic carboxylic acids is 1. The summed E-state index contributed by atoms with van der Waals surface area (Å²) in [7, 11) is 0. The summed E-state index contributed by atoms with van der Waals surface area (Å²) < 4.78 is 18.0. The third-order valence-electron chi connectivity index (χ3n) is 5.83. The van der Waals surface area contributed by atoms with Crippen molar-refractivity contribution in [3.05, 3.63) is 101 Å². The molecule has 39 heavy (non-hydrogen) atoms. The van der Waals surface area contributed by atoms with Crippen molar-refractivity contribution in [2.75, 3.05) is 13.2 Å². The van der Waals surface area contributed by atoms with Crippen LogP contribution in [0.1, 0.15) is 29.0 Å². The number of ether oxygens (including phenoxy) is 2. The van der Waals surface area contributed by atoms with E-state index >= 15 is 0 Å². The average Bonchev–Trinajstić information content (AvgIpc) is 3.36. The van der Waals surface area contributed by atoms with Gasteiger partial charge >= 0.3 is 12.1 Å². The fraction of sp³-hybridized carbons (Fsp3) is 0.233. The quantitative estimate of drug-likeness (QED) is 0.105. The third kappa shape index (κ3) is 8.31. The number of carboxylic acid groups (broad SMARTS) is 1. The molecule has 9 heteroatoms. The van der Waals surface area contributed by atoms with Crippen molar-refractivity contribution in [3.63, 3.8) is 0 Å². The van der Waals surface area contributed by atoms with Gasteiger partial charge in [0.25, 0.3) is 0 Å². The number of alkyl halides is 1. The van der Waals surface area contributed by atoms with Crippen molar-refractivity contribution in [2.45, 2.75) is 30.7 Å². The van der Waals surface area contributed by atoms with Crippen LogP contribution in [-0.2, 0) is 22.2 Å². The zero-order valence-corrected chi connectivity index (χ0v) is 23.7. The number of carbonyl (C=O) groups is 2. The van der Waals surface area contributed by atoms with Gasteiger partial charge in [-0.2, -0.15) is 0 Å². The molecule has 1 heterocycles. The molecular formula is C30H29IN2O6. The Kier molecular flexibility index (Phi) is 9.96. The van der Waals surface area contributed by atoms with E-state index in [1.807, 2.05) is 67.6 Å². The molecule has 1 amide bonds. The lowest BCUT2D eigenvalue weighted by molar-refractivity contribution is -0.138. The summed E-state index contributed by atoms with van der Waals surface area (Å²) in [5.74, 6) is 1.35. The average molecular weight is 640 g/mol. The molecule has 0 unspecified atom stereocenters. The zero-order chi connectivity index (χ0) is 27.6. The van der Waals surface area contributed by atoms with Gasteiger partial charge in [0.15, 0.2) is 0 Å². The predicted octanol–water partition coefficient (Wildman–Crippen LogP) is 6.68. The van der Waals surface area contributed by atoms with Gasteiger partial charge in [0.05, 0.1) is 16.7 Å². The van der Waals surface area contributed by atoms with Gasteiger partial charge in [-0.05, 0) is 61.7 Å². The largest absolute Gasteiger partial charge is 0.494 e. The van der Waals surface area contributed by atoms with Crippen LogP contribution >= 0.6 is 22.6 Å². The van der Waals surface area contributed by atoms with Gasteiger partial charge in [0.1, 0.15) is 23.8 Å². The van der Waals surface area contributed by atoms with Gasteiger partial charge in [0.2, 0.25) is 5.89 Å². The second-order valence-electron chi connectivity index (χ2n) is 8.92. The fourth-order valence-corrected chi connectivity index (χ4v) is 4.49. The third-order valence-corrected chi connectivity index (χ3v) is 6.52. The standard InChI is InChI=1S/C30H29IN2O6/c1-21-12-14-24(15-13-21)38-30(36)33(20-28(34)35)19-22-7-5-10-25(17-22)37-16-6-11-26-27(18-31)39-29(32-26)23-8-3-2-4-9-23/h2-5,7-10,12-15,17H,6,11,16,18-20H2,1H3,(H,34,35). The SMILES string of the molecule is Cc1ccc(OC(=O)N(CC(=O)O)Cc2cccc(OCCCc3nc(-c4ccccc4)oc3CI)c2)cc1. The predicted molar refractivity (Wildman–Crippen MR) is 155 cm³/mol. The summed E-state index contributed by atoms with van der Waals surface area (Å²) in [5.41, 5.74) is 3.63. The molecule has 0 aliphatic carbocycles. The maximum Gasteiger partial charge on any atom is 0.416 e. The maximum atomic E-state index is 12.7. The Morgan fingerprint density at radius 3 is 2.49 bits per heavy atom. The number of carboxylic acids is 1. The number of aryl methyl sites for hydroxylation is 2. The van der Waals surface area contributed by atoms with Crippen LogP contribution in [0.4, 0.5) is 4.79 Å². The van der Waals surface area contributed by atoms with Gasteiger partial charge < -0.3 is 19.0 Å². The minimum absolute atomic E-state index is 0.0639. The Morgan fingerprint density at radius 1 is 1.00 bits per heavy atom. The number of halogens is 1. The summed E-state index contributed by atoms with van der Waals surface area (Å²) in [6.07, 6.45) is 0.718. The second-order valence-corrected chi connectivity index (χ2v) is 9.68. The minimum atomic E-state index is -1.13. The van der Waals surface area contributed by atoms with Crippen molar-refractivity contribution in [1.82, 2.24) is 9.88 Å². The molecule has 1 N–H and O–H groups in total. The van der Waals surface area contributed by atoms with E-state index in [1.165, 1.54) is 0 Å². The van der Waals surface area contributed by atoms with E-state index in [0.717, 1.165) is 43.9 Å². The molecule has 0 saturated carbocycles. The fourth-order valence-electron chi connectivity index (χ4n) is 3.89.